The number of benzene rings is 1. The predicted octanol–water partition coefficient (Wildman–Crippen LogP) is 2.56. The molecule has 0 amide bonds. The van der Waals surface area contributed by atoms with E-state index in [9.17, 15) is 9.90 Å². The van der Waals surface area contributed by atoms with E-state index in [-0.39, 0.29) is 25.0 Å². The van der Waals surface area contributed by atoms with Gasteiger partial charge in [-0.1, -0.05) is 31.9 Å². The summed E-state index contributed by atoms with van der Waals surface area (Å²) in [6.07, 6.45) is 3.27. The Morgan fingerprint density at radius 1 is 1.34 bits per heavy atom. The Bertz CT molecular complexity index is 842. The number of carbonyl (C=O) groups is 1. The standard InChI is InChI=1S/C21H30N4O4/c1-4-5-6-16(12-26)24-20-17(13(2)23-21(22)25-20)11-15-8-7-14(10-19(27)28)9-18(15)29-3/h7-9,16,26H,4-6,10-12H2,1-3H3,(H,27,28)(H3,22,23,24,25). The zero-order valence-corrected chi connectivity index (χ0v) is 17.2. The quantitative estimate of drug-likeness (QED) is 0.451. The van der Waals surface area contributed by atoms with Crippen LogP contribution in [-0.4, -0.2) is 45.9 Å². The van der Waals surface area contributed by atoms with Crippen molar-refractivity contribution in [2.75, 3.05) is 24.8 Å². The summed E-state index contributed by atoms with van der Waals surface area (Å²) >= 11 is 0. The molecule has 158 valence electrons. The van der Waals surface area contributed by atoms with Gasteiger partial charge in [0.2, 0.25) is 5.95 Å². The molecule has 0 spiro atoms. The van der Waals surface area contributed by atoms with Crippen molar-refractivity contribution in [2.24, 2.45) is 0 Å². The smallest absolute Gasteiger partial charge is 0.307 e. The largest absolute Gasteiger partial charge is 0.496 e. The number of anilines is 2. The minimum absolute atomic E-state index is 0.00436. The van der Waals surface area contributed by atoms with E-state index in [0.717, 1.165) is 36.1 Å². The van der Waals surface area contributed by atoms with Crippen LogP contribution in [0.4, 0.5) is 11.8 Å². The van der Waals surface area contributed by atoms with Gasteiger partial charge in [0, 0.05) is 17.7 Å². The molecule has 1 unspecified atom stereocenters. The first kappa shape index (κ1) is 22.4. The molecular formula is C21H30N4O4. The number of methoxy groups -OCH3 is 1. The van der Waals surface area contributed by atoms with E-state index < -0.39 is 5.97 Å². The molecule has 8 heteroatoms. The van der Waals surface area contributed by atoms with Crippen LogP contribution in [0.2, 0.25) is 0 Å². The highest BCUT2D eigenvalue weighted by Crippen LogP contribution is 2.28. The van der Waals surface area contributed by atoms with E-state index in [2.05, 4.69) is 22.2 Å². The van der Waals surface area contributed by atoms with Crippen LogP contribution >= 0.6 is 0 Å². The zero-order chi connectivity index (χ0) is 21.4. The number of aryl methyl sites for hydroxylation is 1. The lowest BCUT2D eigenvalue weighted by molar-refractivity contribution is -0.136. The number of carboxylic acids is 1. The number of nitrogens with two attached hydrogens (primary N) is 1. The molecule has 1 aromatic heterocycles. The van der Waals surface area contributed by atoms with Crippen molar-refractivity contribution < 1.29 is 19.7 Å². The molecule has 1 aromatic carbocycles. The number of hydrogen-bond acceptors (Lipinski definition) is 7. The van der Waals surface area contributed by atoms with Crippen LogP contribution in [0.5, 0.6) is 5.75 Å². The Morgan fingerprint density at radius 3 is 2.72 bits per heavy atom. The third kappa shape index (κ3) is 6.32. The molecule has 0 aliphatic carbocycles. The van der Waals surface area contributed by atoms with Gasteiger partial charge in [0.15, 0.2) is 0 Å². The van der Waals surface area contributed by atoms with Crippen LogP contribution in [0.1, 0.15) is 48.6 Å². The van der Waals surface area contributed by atoms with Crippen LogP contribution < -0.4 is 15.8 Å². The van der Waals surface area contributed by atoms with Crippen LogP contribution in [0.25, 0.3) is 0 Å². The Morgan fingerprint density at radius 2 is 2.10 bits per heavy atom. The number of rotatable bonds is 11. The van der Waals surface area contributed by atoms with Crippen LogP contribution in [0, 0.1) is 6.92 Å². The Labute approximate surface area is 171 Å². The fraction of sp³-hybridized carbons (Fsp3) is 0.476. The van der Waals surface area contributed by atoms with Gasteiger partial charge < -0.3 is 26.0 Å². The van der Waals surface area contributed by atoms with Crippen molar-refractivity contribution >= 4 is 17.7 Å². The number of aliphatic carboxylic acids is 1. The number of nitrogen functional groups attached to an aromatic ring is 1. The van der Waals surface area contributed by atoms with Crippen LogP contribution in [0.3, 0.4) is 0 Å². The summed E-state index contributed by atoms with van der Waals surface area (Å²) in [6, 6.07) is 5.26. The van der Waals surface area contributed by atoms with Gasteiger partial charge in [-0.05, 0) is 30.5 Å². The first-order chi connectivity index (χ1) is 13.9. The summed E-state index contributed by atoms with van der Waals surface area (Å²) in [6.45, 7) is 3.96. The lowest BCUT2D eigenvalue weighted by Gasteiger charge is -2.20. The molecule has 0 radical (unpaired) electrons. The second-order valence-corrected chi connectivity index (χ2v) is 7.05. The number of ether oxygens (including phenoxy) is 1. The molecule has 0 saturated carbocycles. The minimum Gasteiger partial charge on any atom is -0.496 e. The van der Waals surface area contributed by atoms with Gasteiger partial charge >= 0.3 is 5.97 Å². The van der Waals surface area contributed by atoms with Crippen molar-refractivity contribution in [3.63, 3.8) is 0 Å². The van der Waals surface area contributed by atoms with Gasteiger partial charge in [-0.3, -0.25) is 4.79 Å². The number of aliphatic hydroxyl groups is 1. The molecule has 29 heavy (non-hydrogen) atoms. The molecule has 0 bridgehead atoms. The van der Waals surface area contributed by atoms with Crippen molar-refractivity contribution in [3.8, 4) is 5.75 Å². The van der Waals surface area contributed by atoms with Crippen LogP contribution in [0.15, 0.2) is 18.2 Å². The monoisotopic (exact) mass is 402 g/mol. The Hall–Kier alpha value is -2.87. The molecule has 2 aromatic rings. The highest BCUT2D eigenvalue weighted by atomic mass is 16.5. The maximum atomic E-state index is 11.0. The van der Waals surface area contributed by atoms with E-state index in [1.54, 1.807) is 19.2 Å². The molecular weight excluding hydrogens is 372 g/mol. The third-order valence-electron chi connectivity index (χ3n) is 4.77. The summed E-state index contributed by atoms with van der Waals surface area (Å²) in [5.74, 6) is 0.485. The van der Waals surface area contributed by atoms with Crippen molar-refractivity contribution in [1.29, 1.82) is 0 Å². The van der Waals surface area contributed by atoms with Gasteiger partial charge in [-0.2, -0.15) is 4.98 Å². The number of nitrogens with one attached hydrogen (secondary N) is 1. The third-order valence-corrected chi connectivity index (χ3v) is 4.77. The zero-order valence-electron chi connectivity index (χ0n) is 17.2. The predicted molar refractivity (Wildman–Crippen MR) is 112 cm³/mol. The molecule has 8 nitrogen and oxygen atoms in total. The van der Waals surface area contributed by atoms with Crippen LogP contribution in [-0.2, 0) is 17.6 Å². The van der Waals surface area contributed by atoms with Gasteiger partial charge in [0.25, 0.3) is 0 Å². The SMILES string of the molecule is CCCCC(CO)Nc1nc(N)nc(C)c1Cc1ccc(CC(=O)O)cc1OC. The van der Waals surface area contributed by atoms with E-state index >= 15 is 0 Å². The number of hydrogen-bond donors (Lipinski definition) is 4. The molecule has 0 fully saturated rings. The Kier molecular flexibility index (Phi) is 8.21. The van der Waals surface area contributed by atoms with Gasteiger partial charge in [-0.15, -0.1) is 0 Å². The number of unbranched alkanes of at least 4 members (excludes halogenated alkanes) is 1. The Balaban J connectivity index is 2.35. The first-order valence-corrected chi connectivity index (χ1v) is 9.75. The number of aliphatic hydroxyl groups excluding tert-OH is 1. The second kappa shape index (κ2) is 10.6. The van der Waals surface area contributed by atoms with Crippen molar-refractivity contribution in [3.05, 3.63) is 40.6 Å². The van der Waals surface area contributed by atoms with Gasteiger partial charge in [-0.25, -0.2) is 4.98 Å². The molecule has 1 heterocycles. The average molecular weight is 402 g/mol. The molecule has 0 aliphatic rings. The normalized spacial score (nSPS) is 11.9. The summed E-state index contributed by atoms with van der Waals surface area (Å²) in [7, 11) is 1.56. The highest BCUT2D eigenvalue weighted by Gasteiger charge is 2.17. The fourth-order valence-electron chi connectivity index (χ4n) is 3.21. The molecule has 5 N–H and O–H groups in total. The maximum Gasteiger partial charge on any atom is 0.307 e. The topological polar surface area (TPSA) is 131 Å². The lowest BCUT2D eigenvalue weighted by Crippen LogP contribution is -2.26. The number of nitrogens with zero attached hydrogens (tertiary/aromatic N) is 2. The molecule has 0 saturated heterocycles. The van der Waals surface area contributed by atoms with E-state index in [0.29, 0.717) is 23.6 Å². The minimum atomic E-state index is -0.892. The number of aromatic nitrogens is 2. The molecule has 2 rings (SSSR count). The van der Waals surface area contributed by atoms with Crippen molar-refractivity contribution in [2.45, 2.75) is 52.0 Å². The van der Waals surface area contributed by atoms with E-state index in [1.807, 2.05) is 13.0 Å². The summed E-state index contributed by atoms with van der Waals surface area (Å²) in [5, 5.41) is 22.0. The number of carboxylic acid groups (broad SMARTS) is 1. The molecule has 1 atom stereocenters. The molecule has 0 aliphatic heterocycles. The summed E-state index contributed by atoms with van der Waals surface area (Å²) < 4.78 is 5.48. The van der Waals surface area contributed by atoms with Crippen molar-refractivity contribution in [1.82, 2.24) is 9.97 Å². The lowest BCUT2D eigenvalue weighted by atomic mass is 10.00. The fourth-order valence-corrected chi connectivity index (χ4v) is 3.21. The van der Waals surface area contributed by atoms with Gasteiger partial charge in [0.05, 0.1) is 26.2 Å². The average Bonchev–Trinajstić information content (AvgIpc) is 2.67. The second-order valence-electron chi connectivity index (χ2n) is 7.05. The highest BCUT2D eigenvalue weighted by molar-refractivity contribution is 5.70. The first-order valence-electron chi connectivity index (χ1n) is 9.75. The maximum absolute atomic E-state index is 11.0. The summed E-state index contributed by atoms with van der Waals surface area (Å²) in [4.78, 5) is 19.6. The van der Waals surface area contributed by atoms with Gasteiger partial charge in [0.1, 0.15) is 11.6 Å². The van der Waals surface area contributed by atoms with E-state index in [1.165, 1.54) is 0 Å². The summed E-state index contributed by atoms with van der Waals surface area (Å²) in [5.41, 5.74) is 9.01. The van der Waals surface area contributed by atoms with E-state index in [4.69, 9.17) is 15.6 Å².